The fourth-order valence-corrected chi connectivity index (χ4v) is 4.90. The van der Waals surface area contributed by atoms with Crippen LogP contribution in [0, 0.1) is 6.92 Å². The Bertz CT molecular complexity index is 1410. The van der Waals surface area contributed by atoms with E-state index in [2.05, 4.69) is 4.72 Å². The van der Waals surface area contributed by atoms with Crippen molar-refractivity contribution >= 4 is 27.5 Å². The van der Waals surface area contributed by atoms with Crippen molar-refractivity contribution in [1.29, 1.82) is 0 Å². The van der Waals surface area contributed by atoms with E-state index in [-0.39, 0.29) is 27.1 Å². The van der Waals surface area contributed by atoms with Gasteiger partial charge in [-0.2, -0.15) is 0 Å². The van der Waals surface area contributed by atoms with Gasteiger partial charge in [-0.3, -0.25) is 9.52 Å². The van der Waals surface area contributed by atoms with E-state index < -0.39 is 28.4 Å². The SMILES string of the molecule is COc1ccc(OC)c(C(=O)COC(=O)c2ccc(NS(=O)(=O)c3cc(C(C)(C)C)ccc3C)cc2)c1. The molecule has 3 aromatic rings. The molecule has 3 aromatic carbocycles. The van der Waals surface area contributed by atoms with Crippen LogP contribution in [0.15, 0.2) is 65.6 Å². The van der Waals surface area contributed by atoms with Gasteiger partial charge in [0.2, 0.25) is 5.78 Å². The lowest BCUT2D eigenvalue weighted by Gasteiger charge is -2.21. The van der Waals surface area contributed by atoms with Gasteiger partial charge in [0.25, 0.3) is 10.0 Å². The Kier molecular flexibility index (Phi) is 8.28. The first-order chi connectivity index (χ1) is 17.4. The summed E-state index contributed by atoms with van der Waals surface area (Å²) in [4.78, 5) is 25.3. The molecule has 0 amide bonds. The molecule has 196 valence electrons. The van der Waals surface area contributed by atoms with Crippen LogP contribution in [0.1, 0.15) is 52.6 Å². The van der Waals surface area contributed by atoms with E-state index in [0.29, 0.717) is 17.1 Å². The first kappa shape index (κ1) is 27.7. The van der Waals surface area contributed by atoms with Crippen LogP contribution in [0.4, 0.5) is 5.69 Å². The molecule has 0 aliphatic rings. The third-order valence-corrected chi connectivity index (χ3v) is 7.28. The van der Waals surface area contributed by atoms with Crippen LogP contribution in [-0.4, -0.2) is 41.0 Å². The van der Waals surface area contributed by atoms with E-state index in [1.807, 2.05) is 26.8 Å². The summed E-state index contributed by atoms with van der Waals surface area (Å²) in [6, 6.07) is 15.9. The Morgan fingerprint density at radius 2 is 1.57 bits per heavy atom. The lowest BCUT2D eigenvalue weighted by Crippen LogP contribution is -2.17. The normalized spacial score (nSPS) is 11.5. The largest absolute Gasteiger partial charge is 0.497 e. The van der Waals surface area contributed by atoms with Gasteiger partial charge in [-0.25, -0.2) is 13.2 Å². The summed E-state index contributed by atoms with van der Waals surface area (Å²) in [6.07, 6.45) is 0. The van der Waals surface area contributed by atoms with Crippen LogP contribution < -0.4 is 14.2 Å². The van der Waals surface area contributed by atoms with E-state index in [1.54, 1.807) is 31.2 Å². The highest BCUT2D eigenvalue weighted by Gasteiger charge is 2.22. The number of benzene rings is 3. The molecule has 0 unspecified atom stereocenters. The molecule has 0 bridgehead atoms. The fourth-order valence-electron chi connectivity index (χ4n) is 3.56. The summed E-state index contributed by atoms with van der Waals surface area (Å²) in [5.41, 5.74) is 1.99. The van der Waals surface area contributed by atoms with Crippen molar-refractivity contribution in [1.82, 2.24) is 0 Å². The first-order valence-electron chi connectivity index (χ1n) is 11.5. The Balaban J connectivity index is 1.69. The maximum Gasteiger partial charge on any atom is 0.338 e. The second kappa shape index (κ2) is 11.0. The fraction of sp³-hybridized carbons (Fsp3) is 0.286. The number of rotatable bonds is 9. The molecule has 0 spiro atoms. The number of carbonyl (C=O) groups excluding carboxylic acids is 2. The van der Waals surface area contributed by atoms with Crippen molar-refractivity contribution in [3.63, 3.8) is 0 Å². The molecule has 0 aliphatic heterocycles. The van der Waals surface area contributed by atoms with Crippen LogP contribution in [0.3, 0.4) is 0 Å². The summed E-state index contributed by atoms with van der Waals surface area (Å²) in [5, 5.41) is 0. The number of ketones is 1. The van der Waals surface area contributed by atoms with Gasteiger partial charge in [-0.1, -0.05) is 32.9 Å². The minimum absolute atomic E-state index is 0.166. The Morgan fingerprint density at radius 1 is 0.892 bits per heavy atom. The zero-order valence-electron chi connectivity index (χ0n) is 21.7. The molecule has 0 aromatic heterocycles. The summed E-state index contributed by atoms with van der Waals surface area (Å²) in [5.74, 6) is -0.379. The molecular formula is C28H31NO7S. The summed E-state index contributed by atoms with van der Waals surface area (Å²) in [6.45, 7) is 7.28. The lowest BCUT2D eigenvalue weighted by atomic mass is 9.87. The number of sulfonamides is 1. The Labute approximate surface area is 217 Å². The number of nitrogens with one attached hydrogen (secondary N) is 1. The monoisotopic (exact) mass is 525 g/mol. The maximum absolute atomic E-state index is 13.1. The standard InChI is InChI=1S/C28H31NO7S/c1-18-7-10-20(28(2,3)4)15-26(18)37(32,33)29-21-11-8-19(9-12-21)27(31)36-17-24(30)23-16-22(34-5)13-14-25(23)35-6/h7-16,29H,17H2,1-6H3. The number of hydrogen-bond acceptors (Lipinski definition) is 7. The Morgan fingerprint density at radius 3 is 2.16 bits per heavy atom. The summed E-state index contributed by atoms with van der Waals surface area (Å²) in [7, 11) is -0.948. The highest BCUT2D eigenvalue weighted by atomic mass is 32.2. The molecular weight excluding hydrogens is 494 g/mol. The molecule has 0 atom stereocenters. The van der Waals surface area contributed by atoms with E-state index in [1.165, 1.54) is 44.6 Å². The van der Waals surface area contributed by atoms with E-state index in [9.17, 15) is 18.0 Å². The number of anilines is 1. The molecule has 0 radical (unpaired) electrons. The van der Waals surface area contributed by atoms with E-state index in [0.717, 1.165) is 5.56 Å². The van der Waals surface area contributed by atoms with E-state index in [4.69, 9.17) is 14.2 Å². The average Bonchev–Trinajstić information content (AvgIpc) is 2.86. The summed E-state index contributed by atoms with van der Waals surface area (Å²) < 4.78 is 44.2. The van der Waals surface area contributed by atoms with Gasteiger partial charge in [0.05, 0.1) is 30.2 Å². The van der Waals surface area contributed by atoms with Gasteiger partial charge in [0.15, 0.2) is 6.61 Å². The lowest BCUT2D eigenvalue weighted by molar-refractivity contribution is 0.0474. The molecule has 0 saturated carbocycles. The molecule has 0 heterocycles. The smallest absolute Gasteiger partial charge is 0.338 e. The topological polar surface area (TPSA) is 108 Å². The van der Waals surface area contributed by atoms with Crippen LogP contribution in [-0.2, 0) is 20.2 Å². The molecule has 9 heteroatoms. The zero-order valence-corrected chi connectivity index (χ0v) is 22.6. The predicted molar refractivity (Wildman–Crippen MR) is 141 cm³/mol. The van der Waals surface area contributed by atoms with Crippen molar-refractivity contribution in [2.75, 3.05) is 25.5 Å². The van der Waals surface area contributed by atoms with Crippen molar-refractivity contribution in [3.8, 4) is 11.5 Å². The molecule has 0 fully saturated rings. The second-order valence-corrected chi connectivity index (χ2v) is 11.1. The minimum Gasteiger partial charge on any atom is -0.497 e. The minimum atomic E-state index is -3.86. The van der Waals surface area contributed by atoms with Gasteiger partial charge in [-0.15, -0.1) is 0 Å². The predicted octanol–water partition coefficient (Wildman–Crippen LogP) is 5.15. The molecule has 8 nitrogen and oxygen atoms in total. The Hall–Kier alpha value is -3.85. The van der Waals surface area contributed by atoms with Crippen LogP contribution >= 0.6 is 0 Å². The number of Topliss-reactive ketones (excluding diaryl/α,β-unsaturated/α-hetero) is 1. The van der Waals surface area contributed by atoms with Gasteiger partial charge < -0.3 is 14.2 Å². The highest BCUT2D eigenvalue weighted by molar-refractivity contribution is 7.92. The second-order valence-electron chi connectivity index (χ2n) is 9.48. The van der Waals surface area contributed by atoms with Gasteiger partial charge in [-0.05, 0) is 72.0 Å². The van der Waals surface area contributed by atoms with Gasteiger partial charge in [0.1, 0.15) is 11.5 Å². The van der Waals surface area contributed by atoms with Crippen molar-refractivity contribution < 1.29 is 32.2 Å². The summed E-state index contributed by atoms with van der Waals surface area (Å²) >= 11 is 0. The third kappa shape index (κ3) is 6.68. The number of ether oxygens (including phenoxy) is 3. The van der Waals surface area contributed by atoms with Crippen LogP contribution in [0.25, 0.3) is 0 Å². The number of esters is 1. The van der Waals surface area contributed by atoms with Crippen LogP contribution in [0.2, 0.25) is 0 Å². The quantitative estimate of drug-likeness (QED) is 0.304. The van der Waals surface area contributed by atoms with Gasteiger partial charge in [0, 0.05) is 5.69 Å². The molecule has 0 saturated heterocycles. The molecule has 37 heavy (non-hydrogen) atoms. The number of methoxy groups -OCH3 is 2. The van der Waals surface area contributed by atoms with Crippen LogP contribution in [0.5, 0.6) is 11.5 Å². The molecule has 3 rings (SSSR count). The van der Waals surface area contributed by atoms with E-state index >= 15 is 0 Å². The number of carbonyl (C=O) groups is 2. The van der Waals surface area contributed by atoms with Crippen molar-refractivity contribution in [2.45, 2.75) is 38.0 Å². The number of hydrogen-bond donors (Lipinski definition) is 1. The number of aryl methyl sites for hydroxylation is 1. The third-order valence-electron chi connectivity index (χ3n) is 5.76. The van der Waals surface area contributed by atoms with Crippen molar-refractivity contribution in [2.24, 2.45) is 0 Å². The first-order valence-corrected chi connectivity index (χ1v) is 13.0. The average molecular weight is 526 g/mol. The zero-order chi connectivity index (χ0) is 27.4. The maximum atomic E-state index is 13.1. The molecule has 1 N–H and O–H groups in total. The molecule has 0 aliphatic carbocycles. The van der Waals surface area contributed by atoms with Crippen molar-refractivity contribution in [3.05, 3.63) is 82.9 Å². The van der Waals surface area contributed by atoms with Gasteiger partial charge >= 0.3 is 5.97 Å². The highest BCUT2D eigenvalue weighted by Crippen LogP contribution is 2.28.